The molecule has 0 bridgehead atoms. The van der Waals surface area contributed by atoms with Crippen molar-refractivity contribution in [3.63, 3.8) is 0 Å². The van der Waals surface area contributed by atoms with Gasteiger partial charge in [0, 0.05) is 6.42 Å². The standard InChI is InChI=1S/C18H25NO5/c1-12(2)15-7-5-6-8-16(15)24-13(3)18(22)19-11-14(20)9-10-17(21)23-4/h5-8,12-13H,9-11H2,1-4H3,(H,19,22). The molecular weight excluding hydrogens is 310 g/mol. The number of ether oxygens (including phenoxy) is 2. The lowest BCUT2D eigenvalue weighted by Crippen LogP contribution is -2.39. The molecule has 1 rings (SSSR count). The predicted molar refractivity (Wildman–Crippen MR) is 89.9 cm³/mol. The first-order valence-electron chi connectivity index (χ1n) is 7.97. The zero-order chi connectivity index (χ0) is 18.1. The third-order valence-electron chi connectivity index (χ3n) is 3.51. The van der Waals surface area contributed by atoms with E-state index in [-0.39, 0.29) is 37.0 Å². The van der Waals surface area contributed by atoms with Gasteiger partial charge in [-0.1, -0.05) is 32.0 Å². The van der Waals surface area contributed by atoms with Crippen LogP contribution in [0.15, 0.2) is 24.3 Å². The van der Waals surface area contributed by atoms with Crippen LogP contribution in [0.2, 0.25) is 0 Å². The van der Waals surface area contributed by atoms with E-state index in [1.807, 2.05) is 38.1 Å². The number of esters is 1. The molecule has 24 heavy (non-hydrogen) atoms. The molecule has 1 amide bonds. The number of Topliss-reactive ketones (excluding diaryl/α,β-unsaturated/α-hetero) is 1. The summed E-state index contributed by atoms with van der Waals surface area (Å²) in [5.74, 6) is -0.122. The Hall–Kier alpha value is -2.37. The fourth-order valence-electron chi connectivity index (χ4n) is 2.07. The van der Waals surface area contributed by atoms with Crippen LogP contribution in [0.5, 0.6) is 5.75 Å². The molecule has 0 fully saturated rings. The van der Waals surface area contributed by atoms with E-state index >= 15 is 0 Å². The van der Waals surface area contributed by atoms with Gasteiger partial charge in [0.05, 0.1) is 20.1 Å². The molecule has 6 nitrogen and oxygen atoms in total. The number of hydrogen-bond donors (Lipinski definition) is 1. The Morgan fingerprint density at radius 3 is 2.38 bits per heavy atom. The van der Waals surface area contributed by atoms with E-state index in [9.17, 15) is 14.4 Å². The van der Waals surface area contributed by atoms with Gasteiger partial charge in [-0.2, -0.15) is 0 Å². The molecule has 0 aliphatic rings. The predicted octanol–water partition coefficient (Wildman–Crippen LogP) is 2.22. The molecule has 1 aromatic rings. The summed E-state index contributed by atoms with van der Waals surface area (Å²) in [5, 5.41) is 2.53. The molecule has 0 aromatic heterocycles. The second kappa shape index (κ2) is 9.70. The summed E-state index contributed by atoms with van der Waals surface area (Å²) in [4.78, 5) is 34.6. The topological polar surface area (TPSA) is 81.7 Å². The van der Waals surface area contributed by atoms with Crippen molar-refractivity contribution in [1.82, 2.24) is 5.32 Å². The lowest BCUT2D eigenvalue weighted by molar-refractivity contribution is -0.141. The first-order valence-corrected chi connectivity index (χ1v) is 7.97. The third-order valence-corrected chi connectivity index (χ3v) is 3.51. The Morgan fingerprint density at radius 2 is 1.75 bits per heavy atom. The average molecular weight is 335 g/mol. The molecular formula is C18H25NO5. The van der Waals surface area contributed by atoms with Gasteiger partial charge < -0.3 is 14.8 Å². The van der Waals surface area contributed by atoms with E-state index in [2.05, 4.69) is 10.1 Å². The number of ketones is 1. The molecule has 6 heteroatoms. The van der Waals surface area contributed by atoms with E-state index in [1.54, 1.807) is 6.92 Å². The minimum atomic E-state index is -0.724. The van der Waals surface area contributed by atoms with Crippen LogP contribution in [-0.2, 0) is 19.1 Å². The molecule has 0 aliphatic heterocycles. The van der Waals surface area contributed by atoms with Crippen LogP contribution in [0, 0.1) is 0 Å². The second-order valence-corrected chi connectivity index (χ2v) is 5.79. The van der Waals surface area contributed by atoms with Crippen LogP contribution >= 0.6 is 0 Å². The van der Waals surface area contributed by atoms with Crippen molar-refractivity contribution in [2.45, 2.75) is 45.6 Å². The molecule has 0 spiro atoms. The van der Waals surface area contributed by atoms with E-state index < -0.39 is 12.1 Å². The maximum absolute atomic E-state index is 12.0. The third kappa shape index (κ3) is 6.40. The summed E-state index contributed by atoms with van der Waals surface area (Å²) >= 11 is 0. The highest BCUT2D eigenvalue weighted by Gasteiger charge is 2.18. The Balaban J connectivity index is 2.48. The Labute approximate surface area is 142 Å². The van der Waals surface area contributed by atoms with Gasteiger partial charge >= 0.3 is 5.97 Å². The number of methoxy groups -OCH3 is 1. The van der Waals surface area contributed by atoms with Gasteiger partial charge in [-0.05, 0) is 24.5 Å². The van der Waals surface area contributed by atoms with Crippen LogP contribution in [0.1, 0.15) is 45.1 Å². The van der Waals surface area contributed by atoms with Crippen LogP contribution in [0.3, 0.4) is 0 Å². The summed E-state index contributed by atoms with van der Waals surface area (Å²) in [7, 11) is 1.27. The number of amides is 1. The van der Waals surface area contributed by atoms with E-state index in [0.717, 1.165) is 5.56 Å². The molecule has 0 saturated carbocycles. The molecule has 1 unspecified atom stereocenters. The zero-order valence-corrected chi connectivity index (χ0v) is 14.6. The molecule has 1 atom stereocenters. The zero-order valence-electron chi connectivity index (χ0n) is 14.6. The maximum Gasteiger partial charge on any atom is 0.305 e. The van der Waals surface area contributed by atoms with Crippen LogP contribution in [-0.4, -0.2) is 37.4 Å². The summed E-state index contributed by atoms with van der Waals surface area (Å²) in [6.07, 6.45) is -0.671. The smallest absolute Gasteiger partial charge is 0.305 e. The Morgan fingerprint density at radius 1 is 1.08 bits per heavy atom. The highest BCUT2D eigenvalue weighted by molar-refractivity contribution is 5.89. The van der Waals surface area contributed by atoms with Crippen molar-refractivity contribution >= 4 is 17.7 Å². The monoisotopic (exact) mass is 335 g/mol. The fourth-order valence-corrected chi connectivity index (χ4v) is 2.07. The first-order chi connectivity index (χ1) is 11.3. The fraction of sp³-hybridized carbons (Fsp3) is 0.500. The normalized spacial score (nSPS) is 11.7. The van der Waals surface area contributed by atoms with Gasteiger partial charge in [0.2, 0.25) is 0 Å². The van der Waals surface area contributed by atoms with Crippen molar-refractivity contribution in [3.8, 4) is 5.75 Å². The highest BCUT2D eigenvalue weighted by atomic mass is 16.5. The van der Waals surface area contributed by atoms with Crippen molar-refractivity contribution in [2.24, 2.45) is 0 Å². The van der Waals surface area contributed by atoms with Crippen molar-refractivity contribution in [1.29, 1.82) is 0 Å². The number of benzene rings is 1. The summed E-state index contributed by atoms with van der Waals surface area (Å²) in [5.41, 5.74) is 1.02. The minimum absolute atomic E-state index is 0.0129. The van der Waals surface area contributed by atoms with Crippen LogP contribution < -0.4 is 10.1 Å². The maximum atomic E-state index is 12.0. The van der Waals surface area contributed by atoms with Crippen molar-refractivity contribution < 1.29 is 23.9 Å². The van der Waals surface area contributed by atoms with Gasteiger partial charge in [-0.15, -0.1) is 0 Å². The highest BCUT2D eigenvalue weighted by Crippen LogP contribution is 2.26. The number of rotatable bonds is 9. The molecule has 1 aromatic carbocycles. The van der Waals surface area contributed by atoms with Gasteiger partial charge in [-0.3, -0.25) is 14.4 Å². The minimum Gasteiger partial charge on any atom is -0.481 e. The van der Waals surface area contributed by atoms with Gasteiger partial charge in [0.15, 0.2) is 11.9 Å². The van der Waals surface area contributed by atoms with E-state index in [4.69, 9.17) is 4.74 Å². The second-order valence-electron chi connectivity index (χ2n) is 5.79. The molecule has 0 radical (unpaired) electrons. The molecule has 1 N–H and O–H groups in total. The van der Waals surface area contributed by atoms with E-state index in [1.165, 1.54) is 7.11 Å². The van der Waals surface area contributed by atoms with Gasteiger partial charge in [-0.25, -0.2) is 0 Å². The number of para-hydroxylation sites is 1. The quantitative estimate of drug-likeness (QED) is 0.700. The number of carbonyl (C=O) groups is 3. The molecule has 0 aliphatic carbocycles. The summed E-state index contributed by atoms with van der Waals surface area (Å²) in [6.45, 7) is 5.60. The van der Waals surface area contributed by atoms with Gasteiger partial charge in [0.25, 0.3) is 5.91 Å². The summed E-state index contributed by atoms with van der Waals surface area (Å²) < 4.78 is 10.2. The number of nitrogens with one attached hydrogen (secondary N) is 1. The first kappa shape index (κ1) is 19.7. The van der Waals surface area contributed by atoms with Crippen molar-refractivity contribution in [2.75, 3.05) is 13.7 Å². The Bertz CT molecular complexity index is 583. The van der Waals surface area contributed by atoms with Crippen LogP contribution in [0.25, 0.3) is 0 Å². The lowest BCUT2D eigenvalue weighted by atomic mass is 10.0. The van der Waals surface area contributed by atoms with Crippen molar-refractivity contribution in [3.05, 3.63) is 29.8 Å². The molecule has 0 saturated heterocycles. The SMILES string of the molecule is COC(=O)CCC(=O)CNC(=O)C(C)Oc1ccccc1C(C)C. The Kier molecular flexibility index (Phi) is 7.95. The summed E-state index contributed by atoms with van der Waals surface area (Å²) in [6, 6.07) is 7.55. The van der Waals surface area contributed by atoms with Crippen LogP contribution in [0.4, 0.5) is 0 Å². The van der Waals surface area contributed by atoms with Gasteiger partial charge in [0.1, 0.15) is 5.75 Å². The average Bonchev–Trinajstić information content (AvgIpc) is 2.57. The molecule has 0 heterocycles. The largest absolute Gasteiger partial charge is 0.481 e. The van der Waals surface area contributed by atoms with E-state index in [0.29, 0.717) is 5.75 Å². The number of hydrogen-bond acceptors (Lipinski definition) is 5. The lowest BCUT2D eigenvalue weighted by Gasteiger charge is -2.18. The molecule has 132 valence electrons. The number of carbonyl (C=O) groups excluding carboxylic acids is 3.